The standard InChI is InChI=1S/C21H21F6N3O4S/c22-20(23,24)12-17(28)19(35(33,34)15-6-4-5-13(9-15)21(25,26)27)11-14(10-16(29-19)18(31)32)30-7-2-1-3-8-30/h1-2,4-6,9-11,17,29H,3,7-8,12,28H2,(H,31,32)/t17-,19-/m1/s1. The summed E-state index contributed by atoms with van der Waals surface area (Å²) in [5.41, 5.74) is 3.62. The lowest BCUT2D eigenvalue weighted by molar-refractivity contribution is -0.140. The minimum absolute atomic E-state index is 0.0429. The van der Waals surface area contributed by atoms with Gasteiger partial charge in [0.1, 0.15) is 5.70 Å². The van der Waals surface area contributed by atoms with Crippen LogP contribution in [-0.4, -0.2) is 54.6 Å². The number of hydrogen-bond acceptors (Lipinski definition) is 6. The molecule has 3 rings (SSSR count). The van der Waals surface area contributed by atoms with Crippen molar-refractivity contribution in [2.45, 2.75) is 41.0 Å². The first-order valence-electron chi connectivity index (χ1n) is 10.2. The van der Waals surface area contributed by atoms with Gasteiger partial charge in [0, 0.05) is 18.8 Å². The monoisotopic (exact) mass is 525 g/mol. The SMILES string of the molecule is N[C@H](CC(F)(F)F)[C@]1(S(=O)(=O)c2cccc(C(F)(F)F)c2)C=C(N2CC=CCC2)C=C(C(=O)O)N1. The Kier molecular flexibility index (Phi) is 7.01. The molecule has 0 saturated heterocycles. The number of halogens is 6. The Morgan fingerprint density at radius 3 is 2.43 bits per heavy atom. The van der Waals surface area contributed by atoms with Crippen LogP contribution in [0.2, 0.25) is 0 Å². The van der Waals surface area contributed by atoms with Crippen LogP contribution in [0.4, 0.5) is 26.3 Å². The highest BCUT2D eigenvalue weighted by molar-refractivity contribution is 7.93. The van der Waals surface area contributed by atoms with Crippen molar-refractivity contribution in [2.75, 3.05) is 13.1 Å². The van der Waals surface area contributed by atoms with Gasteiger partial charge in [0.25, 0.3) is 0 Å². The fourth-order valence-corrected chi connectivity index (χ4v) is 5.78. The summed E-state index contributed by atoms with van der Waals surface area (Å²) < 4.78 is 107. The molecule has 0 unspecified atom stereocenters. The lowest BCUT2D eigenvalue weighted by Crippen LogP contribution is -2.64. The minimum Gasteiger partial charge on any atom is -0.477 e. The van der Waals surface area contributed by atoms with Crippen molar-refractivity contribution in [1.29, 1.82) is 0 Å². The number of carboxylic acid groups (broad SMARTS) is 1. The lowest BCUT2D eigenvalue weighted by Gasteiger charge is -2.42. The van der Waals surface area contributed by atoms with E-state index in [0.29, 0.717) is 19.0 Å². The van der Waals surface area contributed by atoms with E-state index in [4.69, 9.17) is 5.73 Å². The average Bonchev–Trinajstić information content (AvgIpc) is 2.77. The maximum Gasteiger partial charge on any atom is 0.416 e. The molecule has 0 bridgehead atoms. The summed E-state index contributed by atoms with van der Waals surface area (Å²) in [6.45, 7) is 0.489. The van der Waals surface area contributed by atoms with Crippen LogP contribution in [0.5, 0.6) is 0 Å². The molecular formula is C21H21F6N3O4S. The first-order valence-corrected chi connectivity index (χ1v) is 11.7. The van der Waals surface area contributed by atoms with Crippen LogP contribution in [0.3, 0.4) is 0 Å². The second kappa shape index (κ2) is 9.22. The van der Waals surface area contributed by atoms with Gasteiger partial charge in [-0.05, 0) is 36.8 Å². The van der Waals surface area contributed by atoms with Crippen LogP contribution in [-0.2, 0) is 20.8 Å². The molecule has 192 valence electrons. The number of dihydropyridines is 1. The largest absolute Gasteiger partial charge is 0.477 e. The van der Waals surface area contributed by atoms with E-state index in [2.05, 4.69) is 5.32 Å². The van der Waals surface area contributed by atoms with Gasteiger partial charge in [-0.3, -0.25) is 0 Å². The predicted octanol–water partition coefficient (Wildman–Crippen LogP) is 3.17. The fraction of sp³-hybridized carbons (Fsp3) is 0.381. The van der Waals surface area contributed by atoms with Crippen LogP contribution < -0.4 is 11.1 Å². The number of nitrogens with one attached hydrogen (secondary N) is 1. The summed E-state index contributed by atoms with van der Waals surface area (Å²) in [5.74, 6) is -1.69. The smallest absolute Gasteiger partial charge is 0.416 e. The summed E-state index contributed by atoms with van der Waals surface area (Å²) >= 11 is 0. The molecule has 0 radical (unpaired) electrons. The first-order chi connectivity index (χ1) is 16.1. The molecule has 2 atom stereocenters. The van der Waals surface area contributed by atoms with Gasteiger partial charge < -0.3 is 21.1 Å². The third kappa shape index (κ3) is 5.48. The quantitative estimate of drug-likeness (QED) is 0.386. The molecule has 1 aromatic rings. The summed E-state index contributed by atoms with van der Waals surface area (Å²) in [5, 5.41) is 11.7. The first kappa shape index (κ1) is 26.6. The molecule has 4 N–H and O–H groups in total. The van der Waals surface area contributed by atoms with Crippen molar-refractivity contribution in [3.05, 3.63) is 65.5 Å². The second-order valence-corrected chi connectivity index (χ2v) is 10.2. The van der Waals surface area contributed by atoms with Gasteiger partial charge in [-0.1, -0.05) is 18.2 Å². The van der Waals surface area contributed by atoms with Gasteiger partial charge >= 0.3 is 18.3 Å². The average molecular weight is 525 g/mol. The molecule has 14 heteroatoms. The predicted molar refractivity (Wildman–Crippen MR) is 112 cm³/mol. The van der Waals surface area contributed by atoms with Crippen molar-refractivity contribution in [1.82, 2.24) is 10.2 Å². The number of carbonyl (C=O) groups is 1. The van der Waals surface area contributed by atoms with Crippen LogP contribution >= 0.6 is 0 Å². The number of hydrogen-bond donors (Lipinski definition) is 3. The third-order valence-electron chi connectivity index (χ3n) is 5.56. The summed E-state index contributed by atoms with van der Waals surface area (Å²) in [6.07, 6.45) is -5.89. The molecule has 0 spiro atoms. The lowest BCUT2D eigenvalue weighted by atomic mass is 9.98. The fourth-order valence-electron chi connectivity index (χ4n) is 3.84. The second-order valence-electron chi connectivity index (χ2n) is 8.01. The zero-order chi connectivity index (χ0) is 26.2. The number of alkyl halides is 6. The maximum absolute atomic E-state index is 13.7. The number of rotatable bonds is 6. The summed E-state index contributed by atoms with van der Waals surface area (Å²) in [7, 11) is -5.18. The van der Waals surface area contributed by atoms with Gasteiger partial charge in [-0.25, -0.2) is 13.2 Å². The van der Waals surface area contributed by atoms with Crippen molar-refractivity contribution in [2.24, 2.45) is 5.73 Å². The highest BCUT2D eigenvalue weighted by Crippen LogP contribution is 2.39. The van der Waals surface area contributed by atoms with E-state index in [1.165, 1.54) is 4.90 Å². The molecule has 1 aromatic carbocycles. The third-order valence-corrected chi connectivity index (χ3v) is 7.84. The van der Waals surface area contributed by atoms with Crippen molar-refractivity contribution in [3.63, 3.8) is 0 Å². The van der Waals surface area contributed by atoms with Gasteiger partial charge in [-0.2, -0.15) is 26.3 Å². The Labute approximate surface area is 196 Å². The number of nitrogens with zero attached hydrogens (tertiary/aromatic N) is 1. The highest BCUT2D eigenvalue weighted by Gasteiger charge is 2.54. The Hall–Kier alpha value is -3.00. The minimum atomic E-state index is -5.18. The van der Waals surface area contributed by atoms with Gasteiger partial charge in [0.05, 0.1) is 22.9 Å². The molecular weight excluding hydrogens is 504 g/mol. The molecule has 2 aliphatic heterocycles. The van der Waals surface area contributed by atoms with Gasteiger partial charge in [-0.15, -0.1) is 0 Å². The molecule has 0 aliphatic carbocycles. The topological polar surface area (TPSA) is 113 Å². The van der Waals surface area contributed by atoms with E-state index in [1.54, 1.807) is 6.08 Å². The molecule has 2 aliphatic rings. The van der Waals surface area contributed by atoms with E-state index >= 15 is 0 Å². The van der Waals surface area contributed by atoms with E-state index in [-0.39, 0.29) is 18.3 Å². The Balaban J connectivity index is 2.27. The van der Waals surface area contributed by atoms with E-state index in [9.17, 15) is 44.7 Å². The number of aliphatic carboxylic acids is 1. The van der Waals surface area contributed by atoms with Gasteiger partial charge in [0.2, 0.25) is 9.84 Å². The van der Waals surface area contributed by atoms with E-state index in [1.807, 2.05) is 6.08 Å². The molecule has 35 heavy (non-hydrogen) atoms. The maximum atomic E-state index is 13.7. The van der Waals surface area contributed by atoms with Crippen molar-refractivity contribution in [3.8, 4) is 0 Å². The summed E-state index contributed by atoms with van der Waals surface area (Å²) in [6, 6.07) is 0.120. The van der Waals surface area contributed by atoms with Crippen LogP contribution in [0.25, 0.3) is 0 Å². The highest BCUT2D eigenvalue weighted by atomic mass is 32.2. The molecule has 7 nitrogen and oxygen atoms in total. The van der Waals surface area contributed by atoms with Crippen LogP contribution in [0.15, 0.2) is 64.9 Å². The normalized spacial score (nSPS) is 22.2. The van der Waals surface area contributed by atoms with Crippen molar-refractivity contribution < 1.29 is 44.7 Å². The number of benzene rings is 1. The number of nitrogens with two attached hydrogens (primary N) is 1. The molecule has 0 fully saturated rings. The number of sulfone groups is 1. The summed E-state index contributed by atoms with van der Waals surface area (Å²) in [4.78, 5) is 9.46. The number of carboxylic acids is 1. The zero-order valence-electron chi connectivity index (χ0n) is 17.9. The Morgan fingerprint density at radius 2 is 1.89 bits per heavy atom. The molecule has 0 aromatic heterocycles. The number of allylic oxidation sites excluding steroid dienone is 1. The molecule has 0 amide bonds. The van der Waals surface area contributed by atoms with E-state index < -0.39 is 61.6 Å². The molecule has 0 saturated carbocycles. The van der Waals surface area contributed by atoms with Gasteiger partial charge in [0.15, 0.2) is 4.87 Å². The van der Waals surface area contributed by atoms with Crippen molar-refractivity contribution >= 4 is 15.8 Å². The molecule has 2 heterocycles. The van der Waals surface area contributed by atoms with Crippen LogP contribution in [0, 0.1) is 0 Å². The van der Waals surface area contributed by atoms with Crippen LogP contribution in [0.1, 0.15) is 18.4 Å². The Bertz CT molecular complexity index is 1190. The zero-order valence-corrected chi connectivity index (χ0v) is 18.7. The Morgan fingerprint density at radius 1 is 1.20 bits per heavy atom. The van der Waals surface area contributed by atoms with E-state index in [0.717, 1.165) is 24.3 Å².